The Morgan fingerprint density at radius 1 is 0.383 bits per heavy atom. The molecule has 0 fully saturated rings. The first-order chi connectivity index (χ1) is 23.3. The van der Waals surface area contributed by atoms with Crippen molar-refractivity contribution >= 4 is 32.8 Å². The summed E-state index contributed by atoms with van der Waals surface area (Å²) in [6, 6.07) is 56.1. The van der Waals surface area contributed by atoms with Gasteiger partial charge in [-0.2, -0.15) is 0 Å². The van der Waals surface area contributed by atoms with Crippen LogP contribution in [0, 0.1) is 0 Å². The lowest BCUT2D eigenvalue weighted by atomic mass is 9.97. The van der Waals surface area contributed by atoms with Crippen LogP contribution in [-0.2, 0) is 0 Å². The zero-order valence-electron chi connectivity index (χ0n) is 25.3. The van der Waals surface area contributed by atoms with E-state index in [2.05, 4.69) is 97.1 Å². The Bertz CT molecular complexity index is 2500. The Morgan fingerprint density at radius 2 is 0.957 bits per heavy atom. The summed E-state index contributed by atoms with van der Waals surface area (Å²) in [4.78, 5) is 15.2. The maximum absolute atomic E-state index is 6.42. The van der Waals surface area contributed by atoms with Crippen molar-refractivity contribution in [3.8, 4) is 56.3 Å². The van der Waals surface area contributed by atoms with E-state index in [-0.39, 0.29) is 0 Å². The normalized spacial score (nSPS) is 11.4. The van der Waals surface area contributed by atoms with Gasteiger partial charge < -0.3 is 4.42 Å². The molecule has 9 aromatic rings. The minimum Gasteiger partial charge on any atom is -0.455 e. The van der Waals surface area contributed by atoms with E-state index in [1.54, 1.807) is 0 Å². The van der Waals surface area contributed by atoms with Gasteiger partial charge in [-0.3, -0.25) is 0 Å². The highest BCUT2D eigenvalue weighted by atomic mass is 16.3. The molecule has 47 heavy (non-hydrogen) atoms. The number of hydrogen-bond donors (Lipinski definition) is 0. The molecule has 220 valence electrons. The number of benzene rings is 6. The molecule has 0 saturated carbocycles. The van der Waals surface area contributed by atoms with Gasteiger partial charge in [0.2, 0.25) is 0 Å². The fourth-order valence-corrected chi connectivity index (χ4v) is 6.37. The molecule has 9 rings (SSSR count). The van der Waals surface area contributed by atoms with Gasteiger partial charge in [-0.15, -0.1) is 0 Å². The summed E-state index contributed by atoms with van der Waals surface area (Å²) in [5, 5.41) is 3.12. The molecule has 0 spiro atoms. The van der Waals surface area contributed by atoms with Crippen molar-refractivity contribution in [1.82, 2.24) is 15.0 Å². The van der Waals surface area contributed by atoms with Gasteiger partial charge in [-0.05, 0) is 41.5 Å². The van der Waals surface area contributed by atoms with E-state index < -0.39 is 0 Å². The molecule has 0 atom stereocenters. The van der Waals surface area contributed by atoms with Crippen LogP contribution in [0.2, 0.25) is 0 Å². The molecule has 0 aliphatic rings. The zero-order valence-corrected chi connectivity index (χ0v) is 25.3. The summed E-state index contributed by atoms with van der Waals surface area (Å²) in [6.45, 7) is 0. The minimum atomic E-state index is 0.695. The first-order valence-electron chi connectivity index (χ1n) is 15.7. The molecule has 0 unspecified atom stereocenters. The van der Waals surface area contributed by atoms with Crippen molar-refractivity contribution in [2.75, 3.05) is 0 Å². The zero-order chi connectivity index (χ0) is 31.2. The van der Waals surface area contributed by atoms with Gasteiger partial charge >= 0.3 is 0 Å². The minimum absolute atomic E-state index is 0.695. The number of furan rings is 1. The predicted molar refractivity (Wildman–Crippen MR) is 192 cm³/mol. The van der Waals surface area contributed by atoms with E-state index in [9.17, 15) is 0 Å². The van der Waals surface area contributed by atoms with Crippen molar-refractivity contribution in [3.63, 3.8) is 0 Å². The molecule has 0 bridgehead atoms. The standard InChI is InChI=1S/C43H27N3O/c1-3-12-29(13-4-1)37-27-38(30-14-5-2-6-15-30)46-43(45-37)31-24-22-28(23-25-31)32-16-11-17-33(26-32)41-40-35-19-8-10-21-39(35)47-42(40)34-18-7-9-20-36(34)44-41/h1-27H. The Balaban J connectivity index is 1.13. The van der Waals surface area contributed by atoms with Gasteiger partial charge in [-0.25, -0.2) is 15.0 Å². The van der Waals surface area contributed by atoms with Crippen LogP contribution in [0.15, 0.2) is 168 Å². The lowest BCUT2D eigenvalue weighted by Crippen LogP contribution is -1.96. The Morgan fingerprint density at radius 3 is 1.68 bits per heavy atom. The van der Waals surface area contributed by atoms with Gasteiger partial charge in [-0.1, -0.05) is 133 Å². The maximum atomic E-state index is 6.42. The van der Waals surface area contributed by atoms with Crippen LogP contribution >= 0.6 is 0 Å². The first kappa shape index (κ1) is 27.0. The Labute approximate surface area is 271 Å². The second kappa shape index (κ2) is 11.2. The summed E-state index contributed by atoms with van der Waals surface area (Å²) in [7, 11) is 0. The quantitative estimate of drug-likeness (QED) is 0.197. The third kappa shape index (κ3) is 4.84. The predicted octanol–water partition coefficient (Wildman–Crippen LogP) is 11.3. The molecule has 0 N–H and O–H groups in total. The number of para-hydroxylation sites is 2. The van der Waals surface area contributed by atoms with Crippen LogP contribution in [0.3, 0.4) is 0 Å². The van der Waals surface area contributed by atoms with Crippen LogP contribution in [0.5, 0.6) is 0 Å². The highest BCUT2D eigenvalue weighted by Crippen LogP contribution is 2.40. The summed E-state index contributed by atoms with van der Waals surface area (Å²) >= 11 is 0. The fourth-order valence-electron chi connectivity index (χ4n) is 6.37. The van der Waals surface area contributed by atoms with Crippen LogP contribution in [0.4, 0.5) is 0 Å². The highest BCUT2D eigenvalue weighted by molar-refractivity contribution is 6.19. The van der Waals surface area contributed by atoms with Crippen molar-refractivity contribution in [2.24, 2.45) is 0 Å². The van der Waals surface area contributed by atoms with Crippen molar-refractivity contribution < 1.29 is 4.42 Å². The van der Waals surface area contributed by atoms with E-state index in [4.69, 9.17) is 19.4 Å². The molecule has 3 heterocycles. The SMILES string of the molecule is c1ccc(-c2cc(-c3ccccc3)nc(-c3ccc(-c4cccc(-c5nc6ccccc6c6oc7ccccc7c56)c4)cc3)n2)cc1. The van der Waals surface area contributed by atoms with Gasteiger partial charge in [0, 0.05) is 33.0 Å². The average Bonchev–Trinajstić information content (AvgIpc) is 3.55. The molecule has 0 radical (unpaired) electrons. The number of aromatic nitrogens is 3. The smallest absolute Gasteiger partial charge is 0.160 e. The summed E-state index contributed by atoms with van der Waals surface area (Å²) in [5.41, 5.74) is 11.7. The Hall–Kier alpha value is -6.39. The van der Waals surface area contributed by atoms with Gasteiger partial charge in [0.25, 0.3) is 0 Å². The van der Waals surface area contributed by atoms with Gasteiger partial charge in [0.1, 0.15) is 11.2 Å². The number of pyridine rings is 1. The second-order valence-corrected chi connectivity index (χ2v) is 11.6. The van der Waals surface area contributed by atoms with E-state index in [1.165, 1.54) is 0 Å². The molecule has 3 aromatic heterocycles. The van der Waals surface area contributed by atoms with E-state index in [0.717, 1.165) is 83.3 Å². The number of rotatable bonds is 5. The molecule has 0 amide bonds. The van der Waals surface area contributed by atoms with Crippen molar-refractivity contribution in [2.45, 2.75) is 0 Å². The highest BCUT2D eigenvalue weighted by Gasteiger charge is 2.18. The first-order valence-corrected chi connectivity index (χ1v) is 15.7. The molecule has 4 heteroatoms. The van der Waals surface area contributed by atoms with Crippen LogP contribution < -0.4 is 0 Å². The molecule has 6 aromatic carbocycles. The average molecular weight is 602 g/mol. The summed E-state index contributed by atoms with van der Waals surface area (Å²) in [5.74, 6) is 0.695. The molecule has 0 saturated heterocycles. The number of hydrogen-bond acceptors (Lipinski definition) is 4. The summed E-state index contributed by atoms with van der Waals surface area (Å²) in [6.07, 6.45) is 0. The molecule has 0 aliphatic heterocycles. The lowest BCUT2D eigenvalue weighted by Gasteiger charge is -2.11. The summed E-state index contributed by atoms with van der Waals surface area (Å²) < 4.78 is 6.42. The van der Waals surface area contributed by atoms with Crippen LogP contribution in [0.1, 0.15) is 0 Å². The lowest BCUT2D eigenvalue weighted by molar-refractivity contribution is 0.672. The van der Waals surface area contributed by atoms with Crippen LogP contribution in [-0.4, -0.2) is 15.0 Å². The third-order valence-electron chi connectivity index (χ3n) is 8.69. The van der Waals surface area contributed by atoms with Crippen molar-refractivity contribution in [1.29, 1.82) is 0 Å². The number of nitrogens with zero attached hydrogens (tertiary/aromatic N) is 3. The molecule has 0 aliphatic carbocycles. The Kier molecular flexibility index (Phi) is 6.43. The van der Waals surface area contributed by atoms with Crippen LogP contribution in [0.25, 0.3) is 89.1 Å². The number of fused-ring (bicyclic) bond motifs is 5. The van der Waals surface area contributed by atoms with E-state index >= 15 is 0 Å². The van der Waals surface area contributed by atoms with E-state index in [1.807, 2.05) is 66.7 Å². The van der Waals surface area contributed by atoms with Gasteiger partial charge in [0.05, 0.1) is 28.0 Å². The molecular formula is C43H27N3O. The monoisotopic (exact) mass is 601 g/mol. The topological polar surface area (TPSA) is 51.8 Å². The third-order valence-corrected chi connectivity index (χ3v) is 8.69. The fraction of sp³-hybridized carbons (Fsp3) is 0. The van der Waals surface area contributed by atoms with E-state index in [0.29, 0.717) is 5.82 Å². The van der Waals surface area contributed by atoms with Crippen molar-refractivity contribution in [3.05, 3.63) is 164 Å². The molecular weight excluding hydrogens is 574 g/mol. The maximum Gasteiger partial charge on any atom is 0.160 e. The second-order valence-electron chi connectivity index (χ2n) is 11.6. The van der Waals surface area contributed by atoms with Gasteiger partial charge in [0.15, 0.2) is 5.82 Å². The molecule has 4 nitrogen and oxygen atoms in total. The largest absolute Gasteiger partial charge is 0.455 e.